The number of hydrogen-bond acceptors (Lipinski definition) is 5. The van der Waals surface area contributed by atoms with Crippen LogP contribution < -0.4 is 9.47 Å². The van der Waals surface area contributed by atoms with E-state index in [-0.39, 0.29) is 12.4 Å². The molecule has 0 aliphatic heterocycles. The molecule has 0 amide bonds. The Morgan fingerprint density at radius 1 is 0.903 bits per heavy atom. The number of phenols is 1. The normalized spacial score (nSPS) is 10.8. The third kappa shape index (κ3) is 4.56. The van der Waals surface area contributed by atoms with Gasteiger partial charge in [-0.05, 0) is 60.7 Å². The maximum absolute atomic E-state index is 9.62. The first-order valence-electron chi connectivity index (χ1n) is 9.11. The van der Waals surface area contributed by atoms with Crippen LogP contribution in [-0.2, 0) is 6.61 Å². The maximum Gasteiger partial charge on any atom is 0.175 e. The van der Waals surface area contributed by atoms with E-state index in [1.54, 1.807) is 43.5 Å². The summed E-state index contributed by atoms with van der Waals surface area (Å²) < 4.78 is 13.0. The largest absolute Gasteiger partial charge is 0.508 e. The van der Waals surface area contributed by atoms with Crippen molar-refractivity contribution < 1.29 is 14.6 Å². The van der Waals surface area contributed by atoms with Gasteiger partial charge in [0.2, 0.25) is 0 Å². The van der Waals surface area contributed by atoms with E-state index in [2.05, 4.69) is 10.2 Å². The smallest absolute Gasteiger partial charge is 0.175 e. The first-order chi connectivity index (χ1) is 15.0. The molecule has 1 heterocycles. The van der Waals surface area contributed by atoms with Gasteiger partial charge in [-0.15, -0.1) is 10.2 Å². The van der Waals surface area contributed by atoms with Crippen LogP contribution in [0.3, 0.4) is 0 Å². The highest BCUT2D eigenvalue weighted by atomic mass is 35.5. The summed E-state index contributed by atoms with van der Waals surface area (Å²) in [6.45, 7) is 0.0538. The topological polar surface area (TPSA) is 69.4 Å². The first-order valence-corrected chi connectivity index (χ1v) is 10.2. The highest BCUT2D eigenvalue weighted by Gasteiger charge is 2.18. The average molecular weight is 477 g/mol. The molecular formula is C22H16Cl3N3O3. The lowest BCUT2D eigenvalue weighted by atomic mass is 10.2. The second-order valence-corrected chi connectivity index (χ2v) is 7.76. The molecule has 0 saturated heterocycles. The van der Waals surface area contributed by atoms with E-state index in [1.165, 1.54) is 0 Å². The molecule has 3 aromatic carbocycles. The van der Waals surface area contributed by atoms with Gasteiger partial charge in [-0.2, -0.15) is 0 Å². The fraction of sp³-hybridized carbons (Fsp3) is 0.0909. The zero-order valence-corrected chi connectivity index (χ0v) is 18.5. The quantitative estimate of drug-likeness (QED) is 0.359. The molecule has 4 rings (SSSR count). The van der Waals surface area contributed by atoms with Crippen molar-refractivity contribution in [3.05, 3.63) is 81.6 Å². The lowest BCUT2D eigenvalue weighted by molar-refractivity contribution is 0.294. The van der Waals surface area contributed by atoms with Crippen molar-refractivity contribution >= 4 is 34.8 Å². The molecule has 6 nitrogen and oxygen atoms in total. The molecule has 1 aromatic heterocycles. The molecule has 158 valence electrons. The molecule has 0 radical (unpaired) electrons. The molecule has 9 heteroatoms. The number of aromatic nitrogens is 3. The summed E-state index contributed by atoms with van der Waals surface area (Å²) in [6, 6.07) is 17.3. The van der Waals surface area contributed by atoms with Crippen LogP contribution in [0.25, 0.3) is 17.1 Å². The van der Waals surface area contributed by atoms with E-state index in [0.717, 1.165) is 17.0 Å². The number of halogens is 3. The summed E-state index contributed by atoms with van der Waals surface area (Å²) in [5.74, 6) is 2.30. The summed E-state index contributed by atoms with van der Waals surface area (Å²) in [6.07, 6.45) is 0. The maximum atomic E-state index is 9.62. The van der Waals surface area contributed by atoms with Crippen LogP contribution in [0.1, 0.15) is 5.82 Å². The van der Waals surface area contributed by atoms with Crippen molar-refractivity contribution in [2.75, 3.05) is 7.11 Å². The van der Waals surface area contributed by atoms with Gasteiger partial charge in [-0.25, -0.2) is 0 Å². The van der Waals surface area contributed by atoms with Crippen molar-refractivity contribution in [1.82, 2.24) is 14.8 Å². The van der Waals surface area contributed by atoms with Gasteiger partial charge in [0, 0.05) is 16.3 Å². The average Bonchev–Trinajstić information content (AvgIpc) is 3.17. The van der Waals surface area contributed by atoms with E-state index < -0.39 is 0 Å². The zero-order chi connectivity index (χ0) is 22.0. The highest BCUT2D eigenvalue weighted by Crippen LogP contribution is 2.36. The van der Waals surface area contributed by atoms with Crippen LogP contribution in [0.5, 0.6) is 17.2 Å². The monoisotopic (exact) mass is 475 g/mol. The molecule has 0 fully saturated rings. The SMILES string of the molecule is COc1ccc(-n2c(COc3c(Cl)cc(Cl)cc3Cl)nnc2-c2ccc(O)cc2)cc1. The van der Waals surface area contributed by atoms with Crippen molar-refractivity contribution in [3.8, 4) is 34.3 Å². The Morgan fingerprint density at radius 3 is 2.16 bits per heavy atom. The fourth-order valence-corrected chi connectivity index (χ4v) is 3.94. The molecule has 0 spiro atoms. The lowest BCUT2D eigenvalue weighted by Gasteiger charge is -2.13. The minimum atomic E-state index is 0.0538. The number of phenolic OH excluding ortho intramolecular Hbond substituents is 1. The molecule has 0 saturated carbocycles. The molecule has 0 atom stereocenters. The van der Waals surface area contributed by atoms with Crippen molar-refractivity contribution in [1.29, 1.82) is 0 Å². The molecule has 0 aliphatic rings. The molecule has 1 N–H and O–H groups in total. The predicted molar refractivity (Wildman–Crippen MR) is 121 cm³/mol. The molecule has 4 aromatic rings. The van der Waals surface area contributed by atoms with Gasteiger partial charge in [0.15, 0.2) is 17.4 Å². The zero-order valence-electron chi connectivity index (χ0n) is 16.2. The fourth-order valence-electron chi connectivity index (χ4n) is 3.01. The number of ether oxygens (including phenoxy) is 2. The van der Waals surface area contributed by atoms with Crippen molar-refractivity contribution in [2.24, 2.45) is 0 Å². The van der Waals surface area contributed by atoms with Crippen LogP contribution in [0.4, 0.5) is 0 Å². The minimum Gasteiger partial charge on any atom is -0.508 e. The summed E-state index contributed by atoms with van der Waals surface area (Å²) in [4.78, 5) is 0. The Hall–Kier alpha value is -2.93. The van der Waals surface area contributed by atoms with Crippen LogP contribution in [0, 0.1) is 0 Å². The summed E-state index contributed by atoms with van der Waals surface area (Å²) in [7, 11) is 1.61. The number of hydrogen-bond donors (Lipinski definition) is 1. The number of methoxy groups -OCH3 is 1. The molecule has 31 heavy (non-hydrogen) atoms. The Balaban J connectivity index is 1.74. The Labute approximate surface area is 193 Å². The van der Waals surface area contributed by atoms with Gasteiger partial charge in [-0.1, -0.05) is 34.8 Å². The number of nitrogens with zero attached hydrogens (tertiary/aromatic N) is 3. The third-order valence-electron chi connectivity index (χ3n) is 4.49. The van der Waals surface area contributed by atoms with E-state index in [1.807, 2.05) is 28.8 Å². The second-order valence-electron chi connectivity index (χ2n) is 6.51. The van der Waals surface area contributed by atoms with Crippen molar-refractivity contribution in [3.63, 3.8) is 0 Å². The van der Waals surface area contributed by atoms with Crippen LogP contribution in [-0.4, -0.2) is 27.0 Å². The second kappa shape index (κ2) is 9.06. The van der Waals surface area contributed by atoms with Crippen LogP contribution in [0.15, 0.2) is 60.7 Å². The van der Waals surface area contributed by atoms with E-state index in [0.29, 0.717) is 32.5 Å². The Kier molecular flexibility index (Phi) is 6.23. The Bertz CT molecular complexity index is 1190. The van der Waals surface area contributed by atoms with Crippen LogP contribution >= 0.6 is 34.8 Å². The van der Waals surface area contributed by atoms with Gasteiger partial charge in [0.1, 0.15) is 18.1 Å². The molecule has 0 unspecified atom stereocenters. The summed E-state index contributed by atoms with van der Waals surface area (Å²) in [5.41, 5.74) is 1.58. The van der Waals surface area contributed by atoms with Gasteiger partial charge in [0.25, 0.3) is 0 Å². The predicted octanol–water partition coefficient (Wildman–Crippen LogP) is 6.19. The number of aromatic hydroxyl groups is 1. The Morgan fingerprint density at radius 2 is 1.55 bits per heavy atom. The molecular weight excluding hydrogens is 461 g/mol. The summed E-state index contributed by atoms with van der Waals surface area (Å²) in [5, 5.41) is 19.3. The number of benzene rings is 3. The molecule has 0 aliphatic carbocycles. The van der Waals surface area contributed by atoms with E-state index in [9.17, 15) is 5.11 Å². The van der Waals surface area contributed by atoms with Gasteiger partial charge < -0.3 is 14.6 Å². The standard InChI is InChI=1S/C22H16Cl3N3O3/c1-30-17-8-4-15(5-9-17)28-20(12-31-21-18(24)10-14(23)11-19(21)25)26-27-22(28)13-2-6-16(29)7-3-13/h2-11,29H,12H2,1H3. The highest BCUT2D eigenvalue weighted by molar-refractivity contribution is 6.40. The van der Waals surface area contributed by atoms with E-state index >= 15 is 0 Å². The van der Waals surface area contributed by atoms with E-state index in [4.69, 9.17) is 44.3 Å². The van der Waals surface area contributed by atoms with Gasteiger partial charge in [-0.3, -0.25) is 4.57 Å². The van der Waals surface area contributed by atoms with Gasteiger partial charge >= 0.3 is 0 Å². The minimum absolute atomic E-state index is 0.0538. The van der Waals surface area contributed by atoms with Crippen molar-refractivity contribution in [2.45, 2.75) is 6.61 Å². The van der Waals surface area contributed by atoms with Gasteiger partial charge in [0.05, 0.1) is 17.2 Å². The third-order valence-corrected chi connectivity index (χ3v) is 5.27. The summed E-state index contributed by atoms with van der Waals surface area (Å²) >= 11 is 18.4. The molecule has 0 bridgehead atoms. The van der Waals surface area contributed by atoms with Crippen LogP contribution in [0.2, 0.25) is 15.1 Å². The lowest BCUT2D eigenvalue weighted by Crippen LogP contribution is -2.07. The first kappa shape index (κ1) is 21.3. The number of rotatable bonds is 6.